The number of hydrogen-bond donors (Lipinski definition) is 2. The van der Waals surface area contributed by atoms with E-state index in [4.69, 9.17) is 0 Å². The highest BCUT2D eigenvalue weighted by Gasteiger charge is 2.26. The highest BCUT2D eigenvalue weighted by Crippen LogP contribution is 2.16. The van der Waals surface area contributed by atoms with Crippen LogP contribution in [0.2, 0.25) is 0 Å². The van der Waals surface area contributed by atoms with Crippen LogP contribution in [0.25, 0.3) is 0 Å². The minimum Gasteiger partial charge on any atom is -0.393 e. The normalized spacial score (nSPS) is 16.1. The van der Waals surface area contributed by atoms with Crippen molar-refractivity contribution in [1.29, 1.82) is 0 Å². The number of benzene rings is 1. The number of aryl methyl sites for hydroxylation is 1. The average Bonchev–Trinajstić information content (AvgIpc) is 2.42. The fraction of sp³-hybridized carbons (Fsp3) is 0.429. The van der Waals surface area contributed by atoms with Crippen molar-refractivity contribution < 1.29 is 19.1 Å². The largest absolute Gasteiger partial charge is 0.393 e. The lowest BCUT2D eigenvalue weighted by atomic mass is 10.1. The first-order valence-corrected chi connectivity index (χ1v) is 6.52. The van der Waals surface area contributed by atoms with Gasteiger partial charge in [-0.2, -0.15) is 0 Å². The summed E-state index contributed by atoms with van der Waals surface area (Å²) in [5.41, 5.74) is 0.725. The Morgan fingerprint density at radius 3 is 2.60 bits per heavy atom. The van der Waals surface area contributed by atoms with Crippen LogP contribution in [0.4, 0.5) is 10.1 Å². The van der Waals surface area contributed by atoms with Crippen molar-refractivity contribution in [2.24, 2.45) is 0 Å². The molecular weight excluding hydrogens is 263 g/mol. The molecule has 108 valence electrons. The van der Waals surface area contributed by atoms with Gasteiger partial charge in [-0.05, 0) is 37.5 Å². The van der Waals surface area contributed by atoms with Gasteiger partial charge in [0.15, 0.2) is 0 Å². The van der Waals surface area contributed by atoms with E-state index < -0.39 is 23.7 Å². The predicted octanol–water partition coefficient (Wildman–Crippen LogP) is 1.06. The first-order chi connectivity index (χ1) is 9.47. The van der Waals surface area contributed by atoms with Crippen LogP contribution >= 0.6 is 0 Å². The van der Waals surface area contributed by atoms with Gasteiger partial charge in [0.25, 0.3) is 0 Å². The number of halogens is 1. The Bertz CT molecular complexity index is 525. The SMILES string of the molecule is Cc1ccc(NC(=O)C(=O)N2CCC(O)CC2)c(F)c1. The molecule has 0 spiro atoms. The summed E-state index contributed by atoms with van der Waals surface area (Å²) in [6.07, 6.45) is 0.493. The van der Waals surface area contributed by atoms with Gasteiger partial charge in [-0.15, -0.1) is 0 Å². The molecule has 0 bridgehead atoms. The smallest absolute Gasteiger partial charge is 0.313 e. The lowest BCUT2D eigenvalue weighted by Gasteiger charge is -2.28. The zero-order chi connectivity index (χ0) is 14.7. The molecule has 0 aliphatic carbocycles. The first-order valence-electron chi connectivity index (χ1n) is 6.52. The second kappa shape index (κ2) is 6.00. The van der Waals surface area contributed by atoms with Crippen molar-refractivity contribution in [2.75, 3.05) is 18.4 Å². The van der Waals surface area contributed by atoms with Gasteiger partial charge in [-0.3, -0.25) is 9.59 Å². The number of anilines is 1. The lowest BCUT2D eigenvalue weighted by Crippen LogP contribution is -2.45. The Hall–Kier alpha value is -1.95. The number of carbonyl (C=O) groups excluding carboxylic acids is 2. The molecule has 1 aromatic carbocycles. The summed E-state index contributed by atoms with van der Waals surface area (Å²) in [6.45, 7) is 2.41. The number of nitrogens with zero attached hydrogens (tertiary/aromatic N) is 1. The van der Waals surface area contributed by atoms with Gasteiger partial charge >= 0.3 is 11.8 Å². The Morgan fingerprint density at radius 1 is 1.35 bits per heavy atom. The summed E-state index contributed by atoms with van der Waals surface area (Å²) < 4.78 is 13.6. The maximum atomic E-state index is 13.6. The Balaban J connectivity index is 1.99. The first kappa shape index (κ1) is 14.5. The Kier molecular flexibility index (Phi) is 4.34. The van der Waals surface area contributed by atoms with Crippen LogP contribution in [0.3, 0.4) is 0 Å². The van der Waals surface area contributed by atoms with E-state index in [1.165, 1.54) is 17.0 Å². The third-order valence-corrected chi connectivity index (χ3v) is 3.32. The summed E-state index contributed by atoms with van der Waals surface area (Å²) in [5, 5.41) is 11.6. The molecule has 0 radical (unpaired) electrons. The summed E-state index contributed by atoms with van der Waals surface area (Å²) in [5.74, 6) is -2.12. The van der Waals surface area contributed by atoms with Gasteiger partial charge in [0.1, 0.15) is 5.82 Å². The second-order valence-electron chi connectivity index (χ2n) is 4.96. The molecule has 0 unspecified atom stereocenters. The van der Waals surface area contributed by atoms with Crippen molar-refractivity contribution >= 4 is 17.5 Å². The van der Waals surface area contributed by atoms with Crippen LogP contribution in [-0.2, 0) is 9.59 Å². The van der Waals surface area contributed by atoms with Crippen LogP contribution in [0.1, 0.15) is 18.4 Å². The molecule has 0 saturated carbocycles. The standard InChI is InChI=1S/C14H17FN2O3/c1-9-2-3-12(11(15)8-9)16-13(19)14(20)17-6-4-10(18)5-7-17/h2-3,8,10,18H,4-7H2,1H3,(H,16,19). The van der Waals surface area contributed by atoms with Crippen molar-refractivity contribution in [3.63, 3.8) is 0 Å². The number of nitrogens with one attached hydrogen (secondary N) is 1. The molecule has 1 heterocycles. The molecule has 2 rings (SSSR count). The zero-order valence-corrected chi connectivity index (χ0v) is 11.2. The molecule has 1 aliphatic rings. The van der Waals surface area contributed by atoms with Gasteiger partial charge in [-0.25, -0.2) is 4.39 Å². The van der Waals surface area contributed by atoms with Gasteiger partial charge in [0, 0.05) is 13.1 Å². The van der Waals surface area contributed by atoms with E-state index in [0.29, 0.717) is 25.9 Å². The molecule has 5 nitrogen and oxygen atoms in total. The summed E-state index contributed by atoms with van der Waals surface area (Å²) in [7, 11) is 0. The van der Waals surface area contributed by atoms with Crippen LogP contribution in [-0.4, -0.2) is 41.0 Å². The zero-order valence-electron chi connectivity index (χ0n) is 11.2. The average molecular weight is 280 g/mol. The number of rotatable bonds is 1. The molecule has 20 heavy (non-hydrogen) atoms. The van der Waals surface area contributed by atoms with E-state index in [2.05, 4.69) is 5.32 Å². The van der Waals surface area contributed by atoms with E-state index in [9.17, 15) is 19.1 Å². The monoisotopic (exact) mass is 280 g/mol. The molecule has 6 heteroatoms. The summed E-state index contributed by atoms with van der Waals surface area (Å²) >= 11 is 0. The maximum Gasteiger partial charge on any atom is 0.313 e. The Labute approximate surface area is 116 Å². The number of aliphatic hydroxyl groups is 1. The molecule has 1 fully saturated rings. The van der Waals surface area contributed by atoms with E-state index in [0.717, 1.165) is 5.56 Å². The van der Waals surface area contributed by atoms with Crippen molar-refractivity contribution in [1.82, 2.24) is 4.90 Å². The highest BCUT2D eigenvalue weighted by molar-refractivity contribution is 6.39. The van der Waals surface area contributed by atoms with Crippen LogP contribution < -0.4 is 5.32 Å². The lowest BCUT2D eigenvalue weighted by molar-refractivity contribution is -0.144. The summed E-state index contributed by atoms with van der Waals surface area (Å²) in [4.78, 5) is 25.1. The van der Waals surface area contributed by atoms with Crippen LogP contribution in [0.5, 0.6) is 0 Å². The number of aliphatic hydroxyl groups excluding tert-OH is 1. The quantitative estimate of drug-likeness (QED) is 0.756. The Morgan fingerprint density at radius 2 is 2.00 bits per heavy atom. The molecule has 2 amide bonds. The predicted molar refractivity (Wildman–Crippen MR) is 71.6 cm³/mol. The van der Waals surface area contributed by atoms with Crippen LogP contribution in [0.15, 0.2) is 18.2 Å². The molecular formula is C14H17FN2O3. The minimum atomic E-state index is -0.857. The third kappa shape index (κ3) is 3.33. The fourth-order valence-corrected chi connectivity index (χ4v) is 2.11. The van der Waals surface area contributed by atoms with Gasteiger partial charge < -0.3 is 15.3 Å². The third-order valence-electron chi connectivity index (χ3n) is 3.32. The topological polar surface area (TPSA) is 69.6 Å². The molecule has 1 aromatic rings. The van der Waals surface area contributed by atoms with E-state index in [-0.39, 0.29) is 5.69 Å². The van der Waals surface area contributed by atoms with Crippen molar-refractivity contribution in [3.05, 3.63) is 29.6 Å². The number of piperidine rings is 1. The molecule has 1 saturated heterocycles. The van der Waals surface area contributed by atoms with E-state index in [1.54, 1.807) is 13.0 Å². The van der Waals surface area contributed by atoms with Crippen molar-refractivity contribution in [3.8, 4) is 0 Å². The number of carbonyl (C=O) groups is 2. The van der Waals surface area contributed by atoms with Gasteiger partial charge in [0.2, 0.25) is 0 Å². The van der Waals surface area contributed by atoms with Crippen LogP contribution in [0, 0.1) is 12.7 Å². The number of amides is 2. The minimum absolute atomic E-state index is 0.00834. The number of likely N-dealkylation sites (tertiary alicyclic amines) is 1. The molecule has 0 atom stereocenters. The van der Waals surface area contributed by atoms with Gasteiger partial charge in [0.05, 0.1) is 11.8 Å². The molecule has 1 aliphatic heterocycles. The number of hydrogen-bond acceptors (Lipinski definition) is 3. The summed E-state index contributed by atoms with van der Waals surface area (Å²) in [6, 6.07) is 4.37. The van der Waals surface area contributed by atoms with E-state index >= 15 is 0 Å². The molecule has 2 N–H and O–H groups in total. The maximum absolute atomic E-state index is 13.6. The second-order valence-corrected chi connectivity index (χ2v) is 4.96. The van der Waals surface area contributed by atoms with Gasteiger partial charge in [-0.1, -0.05) is 6.07 Å². The highest BCUT2D eigenvalue weighted by atomic mass is 19.1. The fourth-order valence-electron chi connectivity index (χ4n) is 2.11. The van der Waals surface area contributed by atoms with E-state index in [1.807, 2.05) is 0 Å². The van der Waals surface area contributed by atoms with Crippen molar-refractivity contribution in [2.45, 2.75) is 25.9 Å². The molecule has 0 aromatic heterocycles.